The predicted octanol–water partition coefficient (Wildman–Crippen LogP) is 4.90. The minimum Gasteiger partial charge on any atom is -0.469 e. The molecule has 3 aromatic rings. The Bertz CT molecular complexity index is 1070. The van der Waals surface area contributed by atoms with Gasteiger partial charge >= 0.3 is 6.18 Å². The highest BCUT2D eigenvalue weighted by molar-refractivity contribution is 5.59. The fraction of sp³-hybridized carbons (Fsp3) is 0.348. The Hall–Kier alpha value is -3.20. The van der Waals surface area contributed by atoms with Gasteiger partial charge in [-0.1, -0.05) is 30.3 Å². The number of ether oxygens (including phenoxy) is 2. The molecule has 32 heavy (non-hydrogen) atoms. The fourth-order valence-corrected chi connectivity index (χ4v) is 3.60. The Balaban J connectivity index is 1.39. The van der Waals surface area contributed by atoms with E-state index in [0.717, 1.165) is 35.9 Å². The van der Waals surface area contributed by atoms with Gasteiger partial charge in [0.15, 0.2) is 0 Å². The zero-order valence-electron chi connectivity index (χ0n) is 17.0. The van der Waals surface area contributed by atoms with E-state index in [1.807, 2.05) is 42.5 Å². The molecule has 1 atom stereocenters. The molecule has 0 bridgehead atoms. The van der Waals surface area contributed by atoms with Crippen LogP contribution in [0.5, 0.6) is 5.88 Å². The number of hydrogen-bond acceptors (Lipinski definition) is 6. The molecule has 1 aromatic carbocycles. The number of rotatable bonds is 7. The first-order chi connectivity index (χ1) is 15.5. The minimum absolute atomic E-state index is 0.107. The van der Waals surface area contributed by atoms with E-state index in [0.29, 0.717) is 5.92 Å². The molecule has 0 spiro atoms. The summed E-state index contributed by atoms with van der Waals surface area (Å²) in [5.74, 6) is 0.00767. The van der Waals surface area contributed by atoms with Crippen LogP contribution in [-0.4, -0.2) is 34.3 Å². The summed E-state index contributed by atoms with van der Waals surface area (Å²) in [5, 5.41) is 3.23. The van der Waals surface area contributed by atoms with Gasteiger partial charge in [-0.2, -0.15) is 18.2 Å². The number of hydrogen-bond donors (Lipinski definition) is 1. The van der Waals surface area contributed by atoms with E-state index in [-0.39, 0.29) is 25.2 Å². The summed E-state index contributed by atoms with van der Waals surface area (Å²) < 4.78 is 50.6. The van der Waals surface area contributed by atoms with Crippen molar-refractivity contribution in [1.82, 2.24) is 15.0 Å². The zero-order valence-corrected chi connectivity index (χ0v) is 17.0. The van der Waals surface area contributed by atoms with E-state index in [1.54, 1.807) is 6.20 Å². The minimum atomic E-state index is -4.60. The van der Waals surface area contributed by atoms with Crippen molar-refractivity contribution >= 4 is 5.95 Å². The molecule has 1 aliphatic carbocycles. The van der Waals surface area contributed by atoms with Crippen LogP contribution in [0.15, 0.2) is 54.9 Å². The fourth-order valence-electron chi connectivity index (χ4n) is 3.60. The van der Waals surface area contributed by atoms with Gasteiger partial charge in [0.2, 0.25) is 11.8 Å². The average molecular weight is 442 g/mol. The van der Waals surface area contributed by atoms with Gasteiger partial charge < -0.3 is 14.8 Å². The summed E-state index contributed by atoms with van der Waals surface area (Å²) in [5.41, 5.74) is 1.90. The van der Waals surface area contributed by atoms with Gasteiger partial charge in [0.1, 0.15) is 11.7 Å². The molecule has 1 N–H and O–H groups in total. The van der Waals surface area contributed by atoms with Crippen molar-refractivity contribution in [3.8, 4) is 17.1 Å². The maximum atomic E-state index is 13.4. The summed E-state index contributed by atoms with van der Waals surface area (Å²) >= 11 is 0. The molecule has 1 aliphatic heterocycles. The van der Waals surface area contributed by atoms with Crippen LogP contribution in [0.25, 0.3) is 11.3 Å². The zero-order chi connectivity index (χ0) is 22.1. The Morgan fingerprint density at radius 3 is 2.41 bits per heavy atom. The van der Waals surface area contributed by atoms with Gasteiger partial charge in [-0.15, -0.1) is 0 Å². The third-order valence-corrected chi connectivity index (χ3v) is 5.55. The van der Waals surface area contributed by atoms with E-state index in [1.165, 1.54) is 0 Å². The topological polar surface area (TPSA) is 69.2 Å². The molecule has 9 heteroatoms. The number of aromatic nitrogens is 3. The summed E-state index contributed by atoms with van der Waals surface area (Å²) in [6.07, 6.45) is -0.452. The van der Waals surface area contributed by atoms with Gasteiger partial charge in [0, 0.05) is 18.0 Å². The molecule has 0 unspecified atom stereocenters. The lowest BCUT2D eigenvalue weighted by Gasteiger charge is -2.27. The number of benzene rings is 1. The molecule has 6 nitrogen and oxygen atoms in total. The molecular weight excluding hydrogens is 421 g/mol. The number of halogens is 3. The summed E-state index contributed by atoms with van der Waals surface area (Å²) in [7, 11) is 0. The van der Waals surface area contributed by atoms with Crippen molar-refractivity contribution in [3.05, 3.63) is 66.0 Å². The molecule has 0 amide bonds. The molecule has 2 aromatic heterocycles. The largest absolute Gasteiger partial charge is 0.469 e. The number of nitrogens with zero attached hydrogens (tertiary/aromatic N) is 3. The molecule has 3 heterocycles. The molecule has 2 aliphatic rings. The van der Waals surface area contributed by atoms with Crippen LogP contribution in [0.3, 0.4) is 0 Å². The third-order valence-electron chi connectivity index (χ3n) is 5.55. The predicted molar refractivity (Wildman–Crippen MR) is 111 cm³/mol. The summed E-state index contributed by atoms with van der Waals surface area (Å²) in [6.45, 7) is 0.495. The first-order valence-electron chi connectivity index (χ1n) is 10.4. The summed E-state index contributed by atoms with van der Waals surface area (Å²) in [6, 6.07) is 13.6. The van der Waals surface area contributed by atoms with Crippen molar-refractivity contribution in [2.24, 2.45) is 5.92 Å². The Morgan fingerprint density at radius 2 is 1.81 bits per heavy atom. The van der Waals surface area contributed by atoms with Gasteiger partial charge in [0.25, 0.3) is 0 Å². The van der Waals surface area contributed by atoms with Gasteiger partial charge in [-0.3, -0.25) is 4.98 Å². The van der Waals surface area contributed by atoms with Gasteiger partial charge in [-0.25, -0.2) is 4.98 Å². The lowest BCUT2D eigenvalue weighted by atomic mass is 10.00. The van der Waals surface area contributed by atoms with Crippen molar-refractivity contribution < 1.29 is 22.6 Å². The third kappa shape index (κ3) is 4.52. The Labute approximate surface area is 182 Å². The quantitative estimate of drug-likeness (QED) is 0.562. The van der Waals surface area contributed by atoms with Crippen LogP contribution in [0.1, 0.15) is 30.0 Å². The highest BCUT2D eigenvalue weighted by atomic mass is 19.4. The molecule has 2 fully saturated rings. The first kappa shape index (κ1) is 20.7. The van der Waals surface area contributed by atoms with Crippen LogP contribution >= 0.6 is 0 Å². The van der Waals surface area contributed by atoms with Gasteiger partial charge in [0.05, 0.1) is 24.9 Å². The maximum absolute atomic E-state index is 13.4. The second-order valence-corrected chi connectivity index (χ2v) is 7.98. The second kappa shape index (κ2) is 8.38. The molecular formula is C23H21F3N4O2. The highest BCUT2D eigenvalue weighted by Gasteiger charge is 2.38. The van der Waals surface area contributed by atoms with Crippen molar-refractivity contribution in [2.45, 2.75) is 31.2 Å². The van der Waals surface area contributed by atoms with Crippen molar-refractivity contribution in [3.63, 3.8) is 0 Å². The van der Waals surface area contributed by atoms with Gasteiger partial charge in [-0.05, 0) is 36.5 Å². The van der Waals surface area contributed by atoms with Crippen LogP contribution < -0.4 is 10.1 Å². The van der Waals surface area contributed by atoms with Crippen LogP contribution in [0.2, 0.25) is 0 Å². The Morgan fingerprint density at radius 1 is 1.03 bits per heavy atom. The number of pyridine rings is 1. The highest BCUT2D eigenvalue weighted by Crippen LogP contribution is 2.43. The normalized spacial score (nSPS) is 17.5. The van der Waals surface area contributed by atoms with Crippen molar-refractivity contribution in [1.29, 1.82) is 0 Å². The lowest BCUT2D eigenvalue weighted by molar-refractivity contribution is -0.142. The average Bonchev–Trinajstić information content (AvgIpc) is 3.60. The van der Waals surface area contributed by atoms with E-state index < -0.39 is 23.7 Å². The second-order valence-electron chi connectivity index (χ2n) is 7.98. The standard InChI is InChI=1S/C23H21F3N4O2/c24-23(25,26)18-11-28-22(30-21(18)32-17-12-31-13-17)29-20(16-8-9-16)15-6-4-14(5-7-15)19-3-1-2-10-27-19/h1-7,10-11,16-17,20H,8-9,12-13H2,(H,28,29,30)/t20-/m0/s1. The SMILES string of the molecule is FC(F)(F)c1cnc(N[C@@H](c2ccc(-c3ccccn3)cc2)C2CC2)nc1OC1COC1. The molecule has 0 radical (unpaired) electrons. The van der Waals surface area contributed by atoms with Crippen LogP contribution in [-0.2, 0) is 10.9 Å². The lowest BCUT2D eigenvalue weighted by Crippen LogP contribution is -2.39. The van der Waals surface area contributed by atoms with E-state index in [9.17, 15) is 13.2 Å². The maximum Gasteiger partial charge on any atom is 0.423 e. The van der Waals surface area contributed by atoms with Crippen LogP contribution in [0.4, 0.5) is 19.1 Å². The summed E-state index contributed by atoms with van der Waals surface area (Å²) in [4.78, 5) is 12.4. The molecule has 1 saturated carbocycles. The van der Waals surface area contributed by atoms with Crippen molar-refractivity contribution in [2.75, 3.05) is 18.5 Å². The van der Waals surface area contributed by atoms with E-state index >= 15 is 0 Å². The number of alkyl halides is 3. The molecule has 1 saturated heterocycles. The van der Waals surface area contributed by atoms with E-state index in [2.05, 4.69) is 20.3 Å². The number of anilines is 1. The Kier molecular flexibility index (Phi) is 5.42. The molecule has 166 valence electrons. The first-order valence-corrected chi connectivity index (χ1v) is 10.4. The molecule has 5 rings (SSSR count). The van der Waals surface area contributed by atoms with E-state index in [4.69, 9.17) is 9.47 Å². The van der Waals surface area contributed by atoms with Crippen LogP contribution in [0, 0.1) is 5.92 Å². The monoisotopic (exact) mass is 442 g/mol. The smallest absolute Gasteiger partial charge is 0.423 e. The number of nitrogens with one attached hydrogen (secondary N) is 1.